The zero-order valence-corrected chi connectivity index (χ0v) is 19.6. The molecule has 7 heteroatoms. The Kier molecular flexibility index (Phi) is 8.55. The lowest BCUT2D eigenvalue weighted by molar-refractivity contribution is 0.265. The number of halogens is 2. The first-order valence-corrected chi connectivity index (χ1v) is 10.0. The van der Waals surface area contributed by atoms with Crippen LogP contribution in [-0.2, 0) is 6.42 Å². The molecule has 1 fully saturated rings. The van der Waals surface area contributed by atoms with Gasteiger partial charge in [-0.2, -0.15) is 0 Å². The molecule has 5 nitrogen and oxygen atoms in total. The topological polar surface area (TPSA) is 55.5 Å². The van der Waals surface area contributed by atoms with Gasteiger partial charge >= 0.3 is 0 Å². The average molecular weight is 501 g/mol. The third-order valence-electron chi connectivity index (χ3n) is 5.42. The molecule has 0 saturated carbocycles. The quantitative estimate of drug-likeness (QED) is 0.321. The van der Waals surface area contributed by atoms with E-state index in [9.17, 15) is 4.39 Å². The number of fused-ring (bicyclic) bond motifs is 1. The molecular formula is C21H33FIN5. The summed E-state index contributed by atoms with van der Waals surface area (Å²) < 4.78 is 13.5. The minimum Gasteiger partial charge on any atom is -0.361 e. The van der Waals surface area contributed by atoms with Gasteiger partial charge in [-0.3, -0.25) is 9.89 Å². The highest BCUT2D eigenvalue weighted by Gasteiger charge is 2.31. The van der Waals surface area contributed by atoms with Crippen LogP contribution in [0.2, 0.25) is 0 Å². The summed E-state index contributed by atoms with van der Waals surface area (Å²) in [5.41, 5.74) is 2.07. The summed E-state index contributed by atoms with van der Waals surface area (Å²) in [7, 11) is 0. The largest absolute Gasteiger partial charge is 0.361 e. The number of guanidine groups is 1. The predicted molar refractivity (Wildman–Crippen MR) is 126 cm³/mol. The molecule has 156 valence electrons. The van der Waals surface area contributed by atoms with Crippen molar-refractivity contribution in [3.05, 3.63) is 35.8 Å². The molecule has 28 heavy (non-hydrogen) atoms. The van der Waals surface area contributed by atoms with Gasteiger partial charge in [0, 0.05) is 55.4 Å². The van der Waals surface area contributed by atoms with Crippen LogP contribution in [0.25, 0.3) is 10.9 Å². The molecular weight excluding hydrogens is 468 g/mol. The lowest BCUT2D eigenvalue weighted by Gasteiger charge is -2.21. The fraction of sp³-hybridized carbons (Fsp3) is 0.571. The van der Waals surface area contributed by atoms with E-state index in [0.29, 0.717) is 24.5 Å². The van der Waals surface area contributed by atoms with Gasteiger partial charge in [-0.05, 0) is 56.9 Å². The van der Waals surface area contributed by atoms with Crippen LogP contribution in [0.1, 0.15) is 33.3 Å². The Morgan fingerprint density at radius 3 is 2.82 bits per heavy atom. The van der Waals surface area contributed by atoms with Gasteiger partial charge in [-0.15, -0.1) is 24.0 Å². The second-order valence-electron chi connectivity index (χ2n) is 7.79. The number of aliphatic imine (C=N–C) groups is 1. The molecule has 3 rings (SSSR count). The fourth-order valence-electron chi connectivity index (χ4n) is 3.76. The van der Waals surface area contributed by atoms with Crippen molar-refractivity contribution in [3.63, 3.8) is 0 Å². The van der Waals surface area contributed by atoms with Crippen molar-refractivity contribution >= 4 is 40.8 Å². The summed E-state index contributed by atoms with van der Waals surface area (Å²) in [6.07, 6.45) is 2.73. The SMILES string of the molecule is CCNC(=NCCc1c[nH]c2ccc(F)cc12)NC1CN(C(C)C)CC1C.I. The first kappa shape index (κ1) is 22.9. The summed E-state index contributed by atoms with van der Waals surface area (Å²) in [5.74, 6) is 1.26. The van der Waals surface area contributed by atoms with E-state index in [2.05, 4.69) is 48.2 Å². The zero-order valence-electron chi connectivity index (χ0n) is 17.3. The molecule has 1 aromatic carbocycles. The minimum absolute atomic E-state index is 0. The molecule has 0 bridgehead atoms. The molecule has 2 aromatic rings. The molecule has 0 radical (unpaired) electrons. The molecule has 0 aliphatic carbocycles. The van der Waals surface area contributed by atoms with E-state index < -0.39 is 0 Å². The maximum atomic E-state index is 13.5. The van der Waals surface area contributed by atoms with Crippen molar-refractivity contribution in [2.45, 2.75) is 46.2 Å². The molecule has 1 aliphatic heterocycles. The molecule has 0 amide bonds. The van der Waals surface area contributed by atoms with Crippen molar-refractivity contribution < 1.29 is 4.39 Å². The van der Waals surface area contributed by atoms with Gasteiger partial charge in [-0.1, -0.05) is 6.92 Å². The predicted octanol–water partition coefficient (Wildman–Crippen LogP) is 3.75. The molecule has 0 spiro atoms. The Hall–Kier alpha value is -1.35. The van der Waals surface area contributed by atoms with E-state index in [-0.39, 0.29) is 29.8 Å². The normalized spacial score (nSPS) is 20.6. The number of hydrogen-bond acceptors (Lipinski definition) is 2. The van der Waals surface area contributed by atoms with Gasteiger partial charge in [0.05, 0.1) is 0 Å². The number of aromatic nitrogens is 1. The van der Waals surface area contributed by atoms with Crippen LogP contribution in [0, 0.1) is 11.7 Å². The highest BCUT2D eigenvalue weighted by molar-refractivity contribution is 14.0. The summed E-state index contributed by atoms with van der Waals surface area (Å²) >= 11 is 0. The lowest BCUT2D eigenvalue weighted by Crippen LogP contribution is -2.46. The van der Waals surface area contributed by atoms with Gasteiger partial charge in [0.1, 0.15) is 5.82 Å². The van der Waals surface area contributed by atoms with Crippen molar-refractivity contribution in [1.29, 1.82) is 0 Å². The Bertz CT molecular complexity index is 788. The van der Waals surface area contributed by atoms with Gasteiger partial charge in [-0.25, -0.2) is 4.39 Å². The van der Waals surface area contributed by atoms with Gasteiger partial charge in [0.2, 0.25) is 0 Å². The van der Waals surface area contributed by atoms with E-state index in [4.69, 9.17) is 4.99 Å². The number of rotatable bonds is 6. The van der Waals surface area contributed by atoms with Crippen molar-refractivity contribution in [3.8, 4) is 0 Å². The smallest absolute Gasteiger partial charge is 0.191 e. The number of benzene rings is 1. The van der Waals surface area contributed by atoms with Crippen LogP contribution in [0.5, 0.6) is 0 Å². The summed E-state index contributed by atoms with van der Waals surface area (Å²) in [5, 5.41) is 7.90. The third kappa shape index (κ3) is 5.59. The summed E-state index contributed by atoms with van der Waals surface area (Å²) in [6, 6.07) is 5.84. The van der Waals surface area contributed by atoms with Crippen LogP contribution in [0.15, 0.2) is 29.4 Å². The molecule has 2 atom stereocenters. The lowest BCUT2D eigenvalue weighted by atomic mass is 10.1. The molecule has 1 aromatic heterocycles. The van der Waals surface area contributed by atoms with E-state index in [1.165, 1.54) is 6.07 Å². The Labute approximate surface area is 184 Å². The zero-order chi connectivity index (χ0) is 19.4. The molecule has 3 N–H and O–H groups in total. The van der Waals surface area contributed by atoms with Crippen LogP contribution in [0.4, 0.5) is 4.39 Å². The molecule has 2 heterocycles. The van der Waals surface area contributed by atoms with E-state index >= 15 is 0 Å². The number of aromatic amines is 1. The first-order valence-electron chi connectivity index (χ1n) is 10.0. The van der Waals surface area contributed by atoms with Crippen molar-refractivity contribution in [2.75, 3.05) is 26.2 Å². The molecule has 2 unspecified atom stereocenters. The summed E-state index contributed by atoms with van der Waals surface area (Å²) in [6.45, 7) is 12.5. The minimum atomic E-state index is -0.202. The van der Waals surface area contributed by atoms with E-state index in [1.54, 1.807) is 12.1 Å². The fourth-order valence-corrected chi connectivity index (χ4v) is 3.76. The Morgan fingerprint density at radius 1 is 1.36 bits per heavy atom. The maximum absolute atomic E-state index is 13.5. The second kappa shape index (κ2) is 10.4. The van der Waals surface area contributed by atoms with Crippen LogP contribution in [0.3, 0.4) is 0 Å². The first-order chi connectivity index (χ1) is 13.0. The standard InChI is InChI=1S/C21H32FN5.HI/c1-5-23-21(26-20-13-27(14(2)3)12-15(20)4)24-9-8-16-11-25-19-7-6-17(22)10-18(16)19;/h6-7,10-11,14-15,20,25H,5,8-9,12-13H2,1-4H3,(H2,23,24,26);1H. The van der Waals surface area contributed by atoms with E-state index in [0.717, 1.165) is 48.5 Å². The highest BCUT2D eigenvalue weighted by Crippen LogP contribution is 2.20. The Balaban J connectivity index is 0.00000280. The van der Waals surface area contributed by atoms with Crippen molar-refractivity contribution in [1.82, 2.24) is 20.5 Å². The monoisotopic (exact) mass is 501 g/mol. The number of nitrogens with one attached hydrogen (secondary N) is 3. The third-order valence-corrected chi connectivity index (χ3v) is 5.42. The maximum Gasteiger partial charge on any atom is 0.191 e. The number of nitrogens with zero attached hydrogens (tertiary/aromatic N) is 2. The van der Waals surface area contributed by atoms with Crippen LogP contribution < -0.4 is 10.6 Å². The number of likely N-dealkylation sites (tertiary alicyclic amines) is 1. The number of hydrogen-bond donors (Lipinski definition) is 3. The van der Waals surface area contributed by atoms with Gasteiger partial charge in [0.25, 0.3) is 0 Å². The second-order valence-corrected chi connectivity index (χ2v) is 7.79. The Morgan fingerprint density at radius 2 is 2.14 bits per heavy atom. The van der Waals surface area contributed by atoms with Crippen LogP contribution >= 0.6 is 24.0 Å². The highest BCUT2D eigenvalue weighted by atomic mass is 127. The van der Waals surface area contributed by atoms with Crippen molar-refractivity contribution in [2.24, 2.45) is 10.9 Å². The van der Waals surface area contributed by atoms with Gasteiger partial charge in [0.15, 0.2) is 5.96 Å². The molecule has 1 aliphatic rings. The van der Waals surface area contributed by atoms with Gasteiger partial charge < -0.3 is 15.6 Å². The van der Waals surface area contributed by atoms with E-state index in [1.807, 2.05) is 6.20 Å². The summed E-state index contributed by atoms with van der Waals surface area (Å²) in [4.78, 5) is 10.5. The average Bonchev–Trinajstić information content (AvgIpc) is 3.19. The number of H-pyrrole nitrogens is 1. The van der Waals surface area contributed by atoms with Crippen LogP contribution in [-0.4, -0.2) is 54.1 Å². The molecule has 1 saturated heterocycles.